The summed E-state index contributed by atoms with van der Waals surface area (Å²) in [6.45, 7) is 5.93. The van der Waals surface area contributed by atoms with Gasteiger partial charge in [-0.2, -0.15) is 0 Å². The van der Waals surface area contributed by atoms with E-state index in [0.717, 1.165) is 0 Å². The van der Waals surface area contributed by atoms with Gasteiger partial charge in [0.25, 0.3) is 0 Å². The van der Waals surface area contributed by atoms with Gasteiger partial charge in [0.1, 0.15) is 16.7 Å². The Kier molecular flexibility index (Phi) is 3.18. The van der Waals surface area contributed by atoms with Crippen LogP contribution in [0.15, 0.2) is 6.07 Å². The highest BCUT2D eigenvalue weighted by atomic mass is 35.5. The lowest BCUT2D eigenvalue weighted by Gasteiger charge is -2.18. The third-order valence-electron chi connectivity index (χ3n) is 2.79. The summed E-state index contributed by atoms with van der Waals surface area (Å²) in [6.07, 6.45) is 0. The second-order valence-corrected chi connectivity index (χ2v) is 5.70. The Morgan fingerprint density at radius 1 is 1.32 bits per heavy atom. The van der Waals surface area contributed by atoms with Crippen molar-refractivity contribution in [3.05, 3.63) is 16.9 Å². The molecule has 2 rings (SSSR count). The molecule has 6 heteroatoms. The minimum atomic E-state index is -0.263. The van der Waals surface area contributed by atoms with Crippen LogP contribution in [0.5, 0.6) is 11.5 Å². The van der Waals surface area contributed by atoms with E-state index in [1.54, 1.807) is 6.07 Å². The molecule has 0 bridgehead atoms. The summed E-state index contributed by atoms with van der Waals surface area (Å²) in [5.41, 5.74) is 6.11. The number of benzene rings is 1. The van der Waals surface area contributed by atoms with Crippen LogP contribution in [0.2, 0.25) is 5.02 Å². The van der Waals surface area contributed by atoms with Crippen molar-refractivity contribution < 1.29 is 9.84 Å². The Hall–Kier alpha value is -1.75. The van der Waals surface area contributed by atoms with E-state index in [4.69, 9.17) is 22.1 Å². The largest absolute Gasteiger partial charge is 0.503 e. The normalized spacial score (nSPS) is 11.8. The number of anilines is 1. The van der Waals surface area contributed by atoms with Crippen LogP contribution in [0.1, 0.15) is 26.6 Å². The first-order chi connectivity index (χ1) is 8.75. The van der Waals surface area contributed by atoms with Crippen LogP contribution >= 0.6 is 11.6 Å². The summed E-state index contributed by atoms with van der Waals surface area (Å²) in [4.78, 5) is 8.69. The molecule has 0 fully saturated rings. The molecular formula is C13H16ClN3O2. The molecule has 0 radical (unpaired) electrons. The number of ether oxygens (including phenoxy) is 1. The van der Waals surface area contributed by atoms with Crippen LogP contribution in [-0.4, -0.2) is 22.2 Å². The lowest BCUT2D eigenvalue weighted by atomic mass is 9.95. The fourth-order valence-corrected chi connectivity index (χ4v) is 1.94. The molecule has 1 aromatic heterocycles. The molecule has 0 amide bonds. The van der Waals surface area contributed by atoms with E-state index in [9.17, 15) is 5.11 Å². The molecule has 0 unspecified atom stereocenters. The van der Waals surface area contributed by atoms with Crippen molar-refractivity contribution in [1.82, 2.24) is 9.97 Å². The molecule has 0 saturated carbocycles. The van der Waals surface area contributed by atoms with Gasteiger partial charge in [-0.05, 0) is 6.07 Å². The SMILES string of the molecule is COc1cc2c(N)nc(C(C)(C)C)nc2c(Cl)c1O. The predicted molar refractivity (Wildman–Crippen MR) is 75.9 cm³/mol. The van der Waals surface area contributed by atoms with Crippen LogP contribution in [0.3, 0.4) is 0 Å². The maximum atomic E-state index is 9.92. The Labute approximate surface area is 116 Å². The highest BCUT2D eigenvalue weighted by molar-refractivity contribution is 6.37. The molecule has 102 valence electrons. The molecule has 0 atom stereocenters. The summed E-state index contributed by atoms with van der Waals surface area (Å²) >= 11 is 6.13. The highest BCUT2D eigenvalue weighted by Crippen LogP contribution is 2.41. The van der Waals surface area contributed by atoms with E-state index in [2.05, 4.69) is 9.97 Å². The van der Waals surface area contributed by atoms with Gasteiger partial charge in [-0.1, -0.05) is 32.4 Å². The lowest BCUT2D eigenvalue weighted by molar-refractivity contribution is 0.374. The Morgan fingerprint density at radius 2 is 1.95 bits per heavy atom. The van der Waals surface area contributed by atoms with Gasteiger partial charge in [0, 0.05) is 10.8 Å². The Morgan fingerprint density at radius 3 is 2.47 bits per heavy atom. The number of rotatable bonds is 1. The molecule has 2 aromatic rings. The zero-order chi connectivity index (χ0) is 14.4. The van der Waals surface area contributed by atoms with Gasteiger partial charge in [0.05, 0.1) is 12.6 Å². The second-order valence-electron chi connectivity index (χ2n) is 5.32. The van der Waals surface area contributed by atoms with Crippen LogP contribution in [0.25, 0.3) is 10.9 Å². The number of nitrogen functional groups attached to an aromatic ring is 1. The molecule has 19 heavy (non-hydrogen) atoms. The van der Waals surface area contributed by atoms with Gasteiger partial charge in [-0.15, -0.1) is 0 Å². The molecule has 0 spiro atoms. The van der Waals surface area contributed by atoms with Crippen molar-refractivity contribution in [3.63, 3.8) is 0 Å². The van der Waals surface area contributed by atoms with Gasteiger partial charge in [-0.3, -0.25) is 0 Å². The number of aromatic hydroxyl groups is 1. The Balaban J connectivity index is 2.86. The van der Waals surface area contributed by atoms with E-state index in [-0.39, 0.29) is 21.9 Å². The van der Waals surface area contributed by atoms with Gasteiger partial charge in [0.2, 0.25) is 0 Å². The van der Waals surface area contributed by atoms with Crippen LogP contribution in [0.4, 0.5) is 5.82 Å². The highest BCUT2D eigenvalue weighted by Gasteiger charge is 2.22. The topological polar surface area (TPSA) is 81.3 Å². The summed E-state index contributed by atoms with van der Waals surface area (Å²) in [5, 5.41) is 10.6. The van der Waals surface area contributed by atoms with E-state index >= 15 is 0 Å². The number of halogens is 1. The lowest BCUT2D eigenvalue weighted by Crippen LogP contribution is -2.17. The van der Waals surface area contributed by atoms with Crippen molar-refractivity contribution in [2.75, 3.05) is 12.8 Å². The molecular weight excluding hydrogens is 266 g/mol. The summed E-state index contributed by atoms with van der Waals surface area (Å²) in [6, 6.07) is 1.58. The third-order valence-corrected chi connectivity index (χ3v) is 3.15. The molecule has 3 N–H and O–H groups in total. The number of hydrogen-bond donors (Lipinski definition) is 2. The molecule has 5 nitrogen and oxygen atoms in total. The Bertz CT molecular complexity index is 651. The number of nitrogens with zero attached hydrogens (tertiary/aromatic N) is 2. The molecule has 0 saturated heterocycles. The van der Waals surface area contributed by atoms with Crippen molar-refractivity contribution in [3.8, 4) is 11.5 Å². The van der Waals surface area contributed by atoms with Crippen LogP contribution in [-0.2, 0) is 5.41 Å². The van der Waals surface area contributed by atoms with E-state index in [1.165, 1.54) is 7.11 Å². The number of phenols is 1. The number of methoxy groups -OCH3 is 1. The summed E-state index contributed by atoms with van der Waals surface area (Å²) in [5.74, 6) is 0.991. The van der Waals surface area contributed by atoms with Gasteiger partial charge in [-0.25, -0.2) is 9.97 Å². The van der Waals surface area contributed by atoms with E-state index in [1.807, 2.05) is 20.8 Å². The molecule has 0 aliphatic carbocycles. The number of phenolic OH excluding ortho intramolecular Hbond substituents is 1. The predicted octanol–water partition coefficient (Wildman–Crippen LogP) is 2.88. The van der Waals surface area contributed by atoms with Crippen molar-refractivity contribution in [2.24, 2.45) is 0 Å². The average Bonchev–Trinajstić information content (AvgIpc) is 2.32. The minimum Gasteiger partial charge on any atom is -0.503 e. The number of aromatic nitrogens is 2. The number of hydrogen-bond acceptors (Lipinski definition) is 5. The average molecular weight is 282 g/mol. The first-order valence-corrected chi connectivity index (χ1v) is 6.16. The van der Waals surface area contributed by atoms with Crippen molar-refractivity contribution in [1.29, 1.82) is 0 Å². The first-order valence-electron chi connectivity index (χ1n) is 5.79. The summed E-state index contributed by atoms with van der Waals surface area (Å²) < 4.78 is 5.04. The fourth-order valence-electron chi connectivity index (χ4n) is 1.71. The van der Waals surface area contributed by atoms with Gasteiger partial charge in [0.15, 0.2) is 11.5 Å². The molecule has 1 aromatic carbocycles. The number of nitrogens with two attached hydrogens (primary N) is 1. The molecule has 1 heterocycles. The minimum absolute atomic E-state index is 0.119. The maximum Gasteiger partial charge on any atom is 0.179 e. The molecule has 0 aliphatic rings. The van der Waals surface area contributed by atoms with Gasteiger partial charge < -0.3 is 15.6 Å². The van der Waals surface area contributed by atoms with Crippen LogP contribution < -0.4 is 10.5 Å². The fraction of sp³-hybridized carbons (Fsp3) is 0.385. The zero-order valence-corrected chi connectivity index (χ0v) is 12.0. The van der Waals surface area contributed by atoms with E-state index in [0.29, 0.717) is 22.5 Å². The quantitative estimate of drug-likeness (QED) is 0.840. The van der Waals surface area contributed by atoms with Crippen molar-refractivity contribution in [2.45, 2.75) is 26.2 Å². The zero-order valence-electron chi connectivity index (χ0n) is 11.3. The summed E-state index contributed by atoms with van der Waals surface area (Å²) in [7, 11) is 1.44. The number of fused-ring (bicyclic) bond motifs is 1. The van der Waals surface area contributed by atoms with Crippen molar-refractivity contribution >= 4 is 28.3 Å². The monoisotopic (exact) mass is 281 g/mol. The third kappa shape index (κ3) is 2.26. The smallest absolute Gasteiger partial charge is 0.179 e. The second kappa shape index (κ2) is 4.42. The van der Waals surface area contributed by atoms with Crippen LogP contribution in [0, 0.1) is 0 Å². The van der Waals surface area contributed by atoms with Gasteiger partial charge >= 0.3 is 0 Å². The van der Waals surface area contributed by atoms with E-state index < -0.39 is 0 Å². The molecule has 0 aliphatic heterocycles. The maximum absolute atomic E-state index is 9.92. The standard InChI is InChI=1S/C13H16ClN3O2/c1-13(2,3)12-16-9-6(11(15)17-12)5-7(19-4)10(18)8(9)14/h5,18H,1-4H3,(H2,15,16,17). The first kappa shape index (κ1) is 13.7.